The van der Waals surface area contributed by atoms with Crippen LogP contribution < -0.4 is 15.0 Å². The molecule has 32 heavy (non-hydrogen) atoms. The minimum absolute atomic E-state index is 0.0868. The van der Waals surface area contributed by atoms with Crippen molar-refractivity contribution in [1.29, 1.82) is 0 Å². The van der Waals surface area contributed by atoms with Crippen LogP contribution in [0, 0.1) is 19.7 Å². The second-order valence-electron chi connectivity index (χ2n) is 7.47. The summed E-state index contributed by atoms with van der Waals surface area (Å²) < 4.78 is 18.7. The van der Waals surface area contributed by atoms with Crippen LogP contribution in [0.5, 0.6) is 5.75 Å². The van der Waals surface area contributed by atoms with Crippen molar-refractivity contribution in [2.45, 2.75) is 13.8 Å². The summed E-state index contributed by atoms with van der Waals surface area (Å²) in [6, 6.07) is 16.0. The SMILES string of the molecule is COc1ccc(NC2=C(c3ccc(F)cc3)C(=O)N(c3cc(C)ccc3C)C2=O)cc1Cl. The molecule has 0 fully saturated rings. The lowest BCUT2D eigenvalue weighted by Crippen LogP contribution is -2.33. The fourth-order valence-electron chi connectivity index (χ4n) is 3.60. The van der Waals surface area contributed by atoms with Gasteiger partial charge in [-0.05, 0) is 66.9 Å². The number of anilines is 2. The molecular weight excluding hydrogens is 431 g/mol. The van der Waals surface area contributed by atoms with Crippen LogP contribution in [-0.4, -0.2) is 18.9 Å². The number of carbonyl (C=O) groups excluding carboxylic acids is 2. The lowest BCUT2D eigenvalue weighted by atomic mass is 10.0. The van der Waals surface area contributed by atoms with Gasteiger partial charge in [-0.3, -0.25) is 9.59 Å². The molecule has 0 spiro atoms. The number of nitrogens with one attached hydrogen (secondary N) is 1. The molecule has 7 heteroatoms. The molecular formula is C25H20ClFN2O3. The standard InChI is InChI=1S/C25H20ClFN2O3/c1-14-4-5-15(2)20(12-14)29-24(30)22(16-6-8-17(27)9-7-16)23(25(29)31)28-18-10-11-21(32-3)19(26)13-18/h4-13,28H,1-3H3. The average Bonchev–Trinajstić information content (AvgIpc) is 3.00. The first-order valence-electron chi connectivity index (χ1n) is 9.87. The molecule has 5 nitrogen and oxygen atoms in total. The Bertz CT molecular complexity index is 1270. The summed E-state index contributed by atoms with van der Waals surface area (Å²) >= 11 is 6.23. The van der Waals surface area contributed by atoms with Crippen molar-refractivity contribution in [3.8, 4) is 5.75 Å². The maximum Gasteiger partial charge on any atom is 0.282 e. The van der Waals surface area contributed by atoms with Gasteiger partial charge in [0.15, 0.2) is 0 Å². The van der Waals surface area contributed by atoms with Gasteiger partial charge < -0.3 is 10.1 Å². The number of carbonyl (C=O) groups is 2. The van der Waals surface area contributed by atoms with Crippen molar-refractivity contribution < 1.29 is 18.7 Å². The highest BCUT2D eigenvalue weighted by molar-refractivity contribution is 6.46. The first kappa shape index (κ1) is 21.6. The van der Waals surface area contributed by atoms with E-state index in [1.54, 1.807) is 24.3 Å². The average molecular weight is 451 g/mol. The zero-order chi connectivity index (χ0) is 23.0. The topological polar surface area (TPSA) is 58.6 Å². The van der Waals surface area contributed by atoms with Crippen molar-refractivity contribution in [1.82, 2.24) is 0 Å². The Morgan fingerprint density at radius 2 is 1.66 bits per heavy atom. The monoisotopic (exact) mass is 450 g/mol. The van der Waals surface area contributed by atoms with Gasteiger partial charge in [-0.2, -0.15) is 0 Å². The second-order valence-corrected chi connectivity index (χ2v) is 7.87. The first-order chi connectivity index (χ1) is 15.3. The predicted octanol–water partition coefficient (Wildman–Crippen LogP) is 5.50. The van der Waals surface area contributed by atoms with E-state index in [9.17, 15) is 14.0 Å². The van der Waals surface area contributed by atoms with Crippen LogP contribution in [0.15, 0.2) is 66.4 Å². The predicted molar refractivity (Wildman–Crippen MR) is 123 cm³/mol. The van der Waals surface area contributed by atoms with Gasteiger partial charge in [0.25, 0.3) is 11.8 Å². The number of benzene rings is 3. The summed E-state index contributed by atoms with van der Waals surface area (Å²) in [5, 5.41) is 3.40. The molecule has 2 amide bonds. The molecule has 162 valence electrons. The molecule has 3 aromatic rings. The molecule has 0 radical (unpaired) electrons. The molecule has 0 saturated carbocycles. The number of ether oxygens (including phenoxy) is 1. The highest BCUT2D eigenvalue weighted by atomic mass is 35.5. The van der Waals surface area contributed by atoms with Crippen LogP contribution in [0.1, 0.15) is 16.7 Å². The quantitative estimate of drug-likeness (QED) is 0.521. The van der Waals surface area contributed by atoms with Gasteiger partial charge in [-0.15, -0.1) is 0 Å². The normalized spacial score (nSPS) is 13.7. The van der Waals surface area contributed by atoms with Gasteiger partial charge >= 0.3 is 0 Å². The molecule has 0 aliphatic carbocycles. The van der Waals surface area contributed by atoms with Crippen molar-refractivity contribution in [2.75, 3.05) is 17.3 Å². The molecule has 4 rings (SSSR count). The van der Waals surface area contributed by atoms with Gasteiger partial charge in [0.05, 0.1) is 23.4 Å². The molecule has 0 atom stereocenters. The van der Waals surface area contributed by atoms with Gasteiger partial charge in [0.2, 0.25) is 0 Å². The van der Waals surface area contributed by atoms with Crippen LogP contribution in [0.4, 0.5) is 15.8 Å². The van der Waals surface area contributed by atoms with Crippen molar-refractivity contribution in [3.05, 3.63) is 93.9 Å². The summed E-state index contributed by atoms with van der Waals surface area (Å²) in [6.07, 6.45) is 0. The third-order valence-electron chi connectivity index (χ3n) is 5.24. The molecule has 0 unspecified atom stereocenters. The fourth-order valence-corrected chi connectivity index (χ4v) is 3.86. The molecule has 0 bridgehead atoms. The van der Waals surface area contributed by atoms with E-state index in [1.807, 2.05) is 26.0 Å². The minimum Gasteiger partial charge on any atom is -0.495 e. The molecule has 1 aliphatic heterocycles. The summed E-state index contributed by atoms with van der Waals surface area (Å²) in [4.78, 5) is 28.1. The maximum atomic E-state index is 13.5. The van der Waals surface area contributed by atoms with Crippen molar-refractivity contribution in [3.63, 3.8) is 0 Å². The lowest BCUT2D eigenvalue weighted by Gasteiger charge is -2.18. The Morgan fingerprint density at radius 1 is 0.938 bits per heavy atom. The minimum atomic E-state index is -0.505. The number of methoxy groups -OCH3 is 1. The third-order valence-corrected chi connectivity index (χ3v) is 5.54. The summed E-state index contributed by atoms with van der Waals surface area (Å²) in [5.41, 5.74) is 3.38. The van der Waals surface area contributed by atoms with Gasteiger partial charge in [0, 0.05) is 5.69 Å². The van der Waals surface area contributed by atoms with E-state index >= 15 is 0 Å². The van der Waals surface area contributed by atoms with E-state index in [4.69, 9.17) is 16.3 Å². The Morgan fingerprint density at radius 3 is 2.31 bits per heavy atom. The fraction of sp³-hybridized carbons (Fsp3) is 0.120. The Balaban J connectivity index is 1.84. The Hall–Kier alpha value is -3.64. The van der Waals surface area contributed by atoms with Gasteiger partial charge in [-0.25, -0.2) is 9.29 Å². The lowest BCUT2D eigenvalue weighted by molar-refractivity contribution is -0.120. The number of rotatable bonds is 5. The van der Waals surface area contributed by atoms with Gasteiger partial charge in [-0.1, -0.05) is 35.9 Å². The summed E-state index contributed by atoms with van der Waals surface area (Å²) in [5.74, 6) is -0.947. The number of amides is 2. The molecule has 0 aromatic heterocycles. The smallest absolute Gasteiger partial charge is 0.282 e. The molecule has 1 aliphatic rings. The second kappa shape index (κ2) is 8.48. The van der Waals surface area contributed by atoms with Crippen molar-refractivity contribution >= 4 is 40.4 Å². The van der Waals surface area contributed by atoms with E-state index in [0.29, 0.717) is 27.7 Å². The van der Waals surface area contributed by atoms with E-state index in [1.165, 1.54) is 31.4 Å². The Kier molecular flexibility index (Phi) is 5.72. The van der Waals surface area contributed by atoms with Gasteiger partial charge in [0.1, 0.15) is 17.3 Å². The number of halogens is 2. The van der Waals surface area contributed by atoms with E-state index < -0.39 is 17.6 Å². The molecule has 3 aromatic carbocycles. The molecule has 1 heterocycles. The molecule has 1 N–H and O–H groups in total. The van der Waals surface area contributed by atoms with E-state index in [2.05, 4.69) is 5.32 Å². The van der Waals surface area contributed by atoms with Crippen LogP contribution in [0.2, 0.25) is 5.02 Å². The highest BCUT2D eigenvalue weighted by Gasteiger charge is 2.41. The first-order valence-corrected chi connectivity index (χ1v) is 10.2. The van der Waals surface area contributed by atoms with Crippen molar-refractivity contribution in [2.24, 2.45) is 0 Å². The van der Waals surface area contributed by atoms with E-state index in [0.717, 1.165) is 16.0 Å². The zero-order valence-electron chi connectivity index (χ0n) is 17.7. The molecule has 0 saturated heterocycles. The number of imide groups is 1. The van der Waals surface area contributed by atoms with Crippen LogP contribution in [0.25, 0.3) is 5.57 Å². The Labute approximate surface area is 190 Å². The summed E-state index contributed by atoms with van der Waals surface area (Å²) in [6.45, 7) is 3.72. The number of hydrogen-bond acceptors (Lipinski definition) is 4. The largest absolute Gasteiger partial charge is 0.495 e. The van der Waals surface area contributed by atoms with Crippen LogP contribution in [0.3, 0.4) is 0 Å². The van der Waals surface area contributed by atoms with Crippen LogP contribution >= 0.6 is 11.6 Å². The number of aryl methyl sites for hydroxylation is 2. The third kappa shape index (κ3) is 3.85. The number of nitrogens with zero attached hydrogens (tertiary/aromatic N) is 1. The van der Waals surface area contributed by atoms with Crippen LogP contribution in [-0.2, 0) is 9.59 Å². The maximum absolute atomic E-state index is 13.5. The number of hydrogen-bond donors (Lipinski definition) is 1. The van der Waals surface area contributed by atoms with E-state index in [-0.39, 0.29) is 11.3 Å². The highest BCUT2D eigenvalue weighted by Crippen LogP contribution is 2.36. The summed E-state index contributed by atoms with van der Waals surface area (Å²) in [7, 11) is 1.50. The zero-order valence-corrected chi connectivity index (χ0v) is 18.5.